The van der Waals surface area contributed by atoms with Gasteiger partial charge in [-0.05, 0) is 49.9 Å². The van der Waals surface area contributed by atoms with Gasteiger partial charge in [0.1, 0.15) is 17.2 Å². The molecule has 0 radical (unpaired) electrons. The van der Waals surface area contributed by atoms with Gasteiger partial charge in [0, 0.05) is 35.8 Å². The molecule has 0 saturated carbocycles. The number of hydrogen-bond donors (Lipinski definition) is 1. The summed E-state index contributed by atoms with van der Waals surface area (Å²) in [6.45, 7) is 2.54. The van der Waals surface area contributed by atoms with E-state index in [1.807, 2.05) is 12.1 Å². The standard InChI is InChI=1S/C23H29ClN2O6S/c1-15(25-33(28,29)19-7-5-17(24)6-8-19)23(27)26-11-9-16(10-12-26)22-20(31-3)13-18(30-2)14-21(22)32-4/h5-8,13-16,25H,9-12H2,1-4H3. The summed E-state index contributed by atoms with van der Waals surface area (Å²) in [4.78, 5) is 14.7. The van der Waals surface area contributed by atoms with Gasteiger partial charge in [0.25, 0.3) is 0 Å². The second-order valence-corrected chi connectivity index (χ2v) is 9.99. The van der Waals surface area contributed by atoms with E-state index in [0.29, 0.717) is 48.2 Å². The zero-order valence-electron chi connectivity index (χ0n) is 19.1. The van der Waals surface area contributed by atoms with E-state index in [9.17, 15) is 13.2 Å². The van der Waals surface area contributed by atoms with Gasteiger partial charge in [-0.15, -0.1) is 0 Å². The number of sulfonamides is 1. The number of carbonyl (C=O) groups excluding carboxylic acids is 1. The minimum atomic E-state index is -3.84. The number of ether oxygens (including phenoxy) is 3. The van der Waals surface area contributed by atoms with Crippen LogP contribution in [0.15, 0.2) is 41.3 Å². The van der Waals surface area contributed by atoms with Crippen molar-refractivity contribution < 1.29 is 27.4 Å². The van der Waals surface area contributed by atoms with Crippen molar-refractivity contribution >= 4 is 27.5 Å². The van der Waals surface area contributed by atoms with E-state index in [1.165, 1.54) is 24.3 Å². The number of carbonyl (C=O) groups is 1. The van der Waals surface area contributed by atoms with E-state index in [-0.39, 0.29) is 16.7 Å². The van der Waals surface area contributed by atoms with Crippen LogP contribution in [0, 0.1) is 0 Å². The molecule has 33 heavy (non-hydrogen) atoms. The van der Waals surface area contributed by atoms with Gasteiger partial charge in [0.05, 0.1) is 32.3 Å². The normalized spacial score (nSPS) is 15.7. The summed E-state index contributed by atoms with van der Waals surface area (Å²) >= 11 is 5.83. The molecular weight excluding hydrogens is 468 g/mol. The van der Waals surface area contributed by atoms with Crippen molar-refractivity contribution in [2.75, 3.05) is 34.4 Å². The van der Waals surface area contributed by atoms with Crippen LogP contribution >= 0.6 is 11.6 Å². The largest absolute Gasteiger partial charge is 0.496 e. The fourth-order valence-electron chi connectivity index (χ4n) is 4.06. The Bertz CT molecular complexity index is 1060. The summed E-state index contributed by atoms with van der Waals surface area (Å²) in [5.41, 5.74) is 0.949. The molecule has 3 rings (SSSR count). The smallest absolute Gasteiger partial charge is 0.241 e. The van der Waals surface area contributed by atoms with E-state index in [2.05, 4.69) is 4.72 Å². The molecule has 10 heteroatoms. The predicted octanol–water partition coefficient (Wildman–Crippen LogP) is 3.44. The van der Waals surface area contributed by atoms with Crippen LogP contribution < -0.4 is 18.9 Å². The zero-order valence-corrected chi connectivity index (χ0v) is 20.7. The van der Waals surface area contributed by atoms with Crippen molar-refractivity contribution in [2.24, 2.45) is 0 Å². The number of hydrogen-bond acceptors (Lipinski definition) is 6. The lowest BCUT2D eigenvalue weighted by atomic mass is 9.87. The number of halogens is 1. The second kappa shape index (κ2) is 10.6. The summed E-state index contributed by atoms with van der Waals surface area (Å²) in [5, 5.41) is 0.436. The number of methoxy groups -OCH3 is 3. The molecule has 0 spiro atoms. The lowest BCUT2D eigenvalue weighted by Crippen LogP contribution is -2.49. The van der Waals surface area contributed by atoms with E-state index in [1.54, 1.807) is 33.2 Å². The van der Waals surface area contributed by atoms with E-state index in [0.717, 1.165) is 5.56 Å². The average molecular weight is 497 g/mol. The third-order valence-electron chi connectivity index (χ3n) is 5.79. The maximum atomic E-state index is 12.9. The zero-order chi connectivity index (χ0) is 24.2. The quantitative estimate of drug-likeness (QED) is 0.601. The van der Waals surface area contributed by atoms with Crippen LogP contribution in [-0.2, 0) is 14.8 Å². The molecule has 1 aliphatic rings. The third kappa shape index (κ3) is 5.72. The molecule has 1 N–H and O–H groups in total. The van der Waals surface area contributed by atoms with Crippen LogP contribution in [0.1, 0.15) is 31.2 Å². The van der Waals surface area contributed by atoms with Gasteiger partial charge < -0.3 is 19.1 Å². The fourth-order valence-corrected chi connectivity index (χ4v) is 5.39. The molecule has 1 saturated heterocycles. The van der Waals surface area contributed by atoms with Crippen LogP contribution in [0.25, 0.3) is 0 Å². The van der Waals surface area contributed by atoms with Gasteiger partial charge in [-0.2, -0.15) is 4.72 Å². The highest BCUT2D eigenvalue weighted by atomic mass is 35.5. The van der Waals surface area contributed by atoms with Crippen molar-refractivity contribution in [1.82, 2.24) is 9.62 Å². The first-order valence-electron chi connectivity index (χ1n) is 10.6. The Morgan fingerprint density at radius 1 is 1.03 bits per heavy atom. The minimum absolute atomic E-state index is 0.0592. The second-order valence-electron chi connectivity index (χ2n) is 7.84. The first-order chi connectivity index (χ1) is 15.7. The van der Waals surface area contributed by atoms with Gasteiger partial charge in [0.15, 0.2) is 0 Å². The lowest BCUT2D eigenvalue weighted by Gasteiger charge is -2.34. The van der Waals surface area contributed by atoms with Crippen molar-refractivity contribution in [2.45, 2.75) is 36.6 Å². The Kier molecular flexibility index (Phi) is 8.10. The SMILES string of the molecule is COc1cc(OC)c(C2CCN(C(=O)C(C)NS(=O)(=O)c3ccc(Cl)cc3)CC2)c(OC)c1. The Balaban J connectivity index is 1.67. The molecule has 2 aromatic rings. The number of piperidine rings is 1. The van der Waals surface area contributed by atoms with Crippen molar-refractivity contribution in [1.29, 1.82) is 0 Å². The minimum Gasteiger partial charge on any atom is -0.496 e. The van der Waals surface area contributed by atoms with Gasteiger partial charge >= 0.3 is 0 Å². The average Bonchev–Trinajstić information content (AvgIpc) is 2.82. The molecule has 0 aromatic heterocycles. The third-order valence-corrected chi connectivity index (χ3v) is 7.60. The molecular formula is C23H29ClN2O6S. The maximum absolute atomic E-state index is 12.9. The number of benzene rings is 2. The van der Waals surface area contributed by atoms with Gasteiger partial charge in [-0.1, -0.05) is 11.6 Å². The van der Waals surface area contributed by atoms with Crippen LogP contribution in [-0.4, -0.2) is 59.7 Å². The molecule has 1 atom stereocenters. The Hall–Kier alpha value is -2.49. The number of nitrogens with one attached hydrogen (secondary N) is 1. The van der Waals surface area contributed by atoms with Crippen molar-refractivity contribution in [3.63, 3.8) is 0 Å². The highest BCUT2D eigenvalue weighted by Gasteiger charge is 2.31. The number of likely N-dealkylation sites (tertiary alicyclic amines) is 1. The van der Waals surface area contributed by atoms with E-state index < -0.39 is 16.1 Å². The van der Waals surface area contributed by atoms with Crippen LogP contribution in [0.3, 0.4) is 0 Å². The number of amides is 1. The molecule has 0 bridgehead atoms. The summed E-state index contributed by atoms with van der Waals surface area (Å²) in [6, 6.07) is 8.55. The summed E-state index contributed by atoms with van der Waals surface area (Å²) in [7, 11) is 0.948. The topological polar surface area (TPSA) is 94.2 Å². The van der Waals surface area contributed by atoms with Crippen LogP contribution in [0.2, 0.25) is 5.02 Å². The Morgan fingerprint density at radius 2 is 1.58 bits per heavy atom. The molecule has 1 amide bonds. The first kappa shape index (κ1) is 25.1. The molecule has 180 valence electrons. The summed E-state index contributed by atoms with van der Waals surface area (Å²) < 4.78 is 44.2. The highest BCUT2D eigenvalue weighted by molar-refractivity contribution is 7.89. The first-order valence-corrected chi connectivity index (χ1v) is 12.4. The molecule has 1 aliphatic heterocycles. The molecule has 1 unspecified atom stereocenters. The highest BCUT2D eigenvalue weighted by Crippen LogP contribution is 2.43. The van der Waals surface area contributed by atoms with Gasteiger partial charge in [-0.3, -0.25) is 4.79 Å². The molecule has 1 fully saturated rings. The van der Waals surface area contributed by atoms with E-state index in [4.69, 9.17) is 25.8 Å². The Labute approximate surface area is 199 Å². The number of rotatable bonds is 8. The fraction of sp³-hybridized carbons (Fsp3) is 0.435. The predicted molar refractivity (Wildman–Crippen MR) is 126 cm³/mol. The monoisotopic (exact) mass is 496 g/mol. The van der Waals surface area contributed by atoms with Crippen molar-refractivity contribution in [3.8, 4) is 17.2 Å². The van der Waals surface area contributed by atoms with Crippen molar-refractivity contribution in [3.05, 3.63) is 47.0 Å². The lowest BCUT2D eigenvalue weighted by molar-refractivity contribution is -0.133. The van der Waals surface area contributed by atoms with Gasteiger partial charge in [-0.25, -0.2) is 8.42 Å². The summed E-state index contributed by atoms with van der Waals surface area (Å²) in [5.74, 6) is 1.87. The molecule has 0 aliphatic carbocycles. The van der Waals surface area contributed by atoms with Crippen LogP contribution in [0.5, 0.6) is 17.2 Å². The maximum Gasteiger partial charge on any atom is 0.241 e. The Morgan fingerprint density at radius 3 is 2.06 bits per heavy atom. The molecule has 1 heterocycles. The molecule has 8 nitrogen and oxygen atoms in total. The number of nitrogens with zero attached hydrogens (tertiary/aromatic N) is 1. The van der Waals surface area contributed by atoms with Crippen LogP contribution in [0.4, 0.5) is 0 Å². The van der Waals surface area contributed by atoms with E-state index >= 15 is 0 Å². The molecule has 2 aromatic carbocycles. The van der Waals surface area contributed by atoms with Gasteiger partial charge in [0.2, 0.25) is 15.9 Å². The summed E-state index contributed by atoms with van der Waals surface area (Å²) in [6.07, 6.45) is 1.39.